The van der Waals surface area contributed by atoms with Crippen LogP contribution in [-0.4, -0.2) is 7.11 Å². The molecule has 3 aromatic rings. The third-order valence-electron chi connectivity index (χ3n) is 3.70. The standard InChI is InChI=1S/C20H20N2O/c1-23-19-13-11-16(12-14-19)20-10-6-5-7-17(20)15-21-22-18-8-3-2-4-9-18/h2-14,21-22H,15H2,1H3. The minimum absolute atomic E-state index is 0.733. The van der Waals surface area contributed by atoms with E-state index in [1.807, 2.05) is 42.5 Å². The molecule has 0 unspecified atom stereocenters. The van der Waals surface area contributed by atoms with Crippen LogP contribution in [0, 0.1) is 0 Å². The molecule has 3 nitrogen and oxygen atoms in total. The Morgan fingerprint density at radius 1 is 0.783 bits per heavy atom. The third kappa shape index (κ3) is 3.90. The quantitative estimate of drug-likeness (QED) is 0.659. The Balaban J connectivity index is 1.72. The molecule has 0 amide bonds. The van der Waals surface area contributed by atoms with E-state index in [2.05, 4.69) is 47.2 Å². The molecule has 3 aromatic carbocycles. The highest BCUT2D eigenvalue weighted by Gasteiger charge is 2.04. The van der Waals surface area contributed by atoms with Crippen molar-refractivity contribution in [2.45, 2.75) is 6.54 Å². The molecule has 3 rings (SSSR count). The van der Waals surface area contributed by atoms with Gasteiger partial charge in [-0.25, -0.2) is 5.43 Å². The molecule has 0 saturated heterocycles. The van der Waals surface area contributed by atoms with Gasteiger partial charge >= 0.3 is 0 Å². The van der Waals surface area contributed by atoms with Gasteiger partial charge in [-0.1, -0.05) is 54.6 Å². The summed E-state index contributed by atoms with van der Waals surface area (Å²) in [6.45, 7) is 0.733. The highest BCUT2D eigenvalue weighted by Crippen LogP contribution is 2.25. The first-order valence-electron chi connectivity index (χ1n) is 7.63. The molecule has 0 aromatic heterocycles. The van der Waals surface area contributed by atoms with E-state index >= 15 is 0 Å². The molecule has 0 aliphatic carbocycles. The molecule has 0 saturated carbocycles. The zero-order chi connectivity index (χ0) is 15.9. The summed E-state index contributed by atoms with van der Waals surface area (Å²) in [5, 5.41) is 0. The van der Waals surface area contributed by atoms with Gasteiger partial charge in [0.05, 0.1) is 7.11 Å². The molecule has 2 N–H and O–H groups in total. The molecule has 23 heavy (non-hydrogen) atoms. The van der Waals surface area contributed by atoms with Gasteiger partial charge in [0.15, 0.2) is 0 Å². The Labute approximate surface area is 136 Å². The summed E-state index contributed by atoms with van der Waals surface area (Å²) < 4.78 is 5.23. The molecule has 3 heteroatoms. The van der Waals surface area contributed by atoms with Crippen molar-refractivity contribution >= 4 is 5.69 Å². The van der Waals surface area contributed by atoms with Crippen molar-refractivity contribution < 1.29 is 4.74 Å². The molecule has 0 aliphatic rings. The Morgan fingerprint density at radius 2 is 1.48 bits per heavy atom. The number of rotatable bonds is 6. The van der Waals surface area contributed by atoms with E-state index in [0.717, 1.165) is 18.0 Å². The molecular weight excluding hydrogens is 284 g/mol. The van der Waals surface area contributed by atoms with Gasteiger partial charge in [0, 0.05) is 12.2 Å². The van der Waals surface area contributed by atoms with Crippen LogP contribution in [-0.2, 0) is 6.54 Å². The lowest BCUT2D eigenvalue weighted by molar-refractivity contribution is 0.415. The summed E-state index contributed by atoms with van der Waals surface area (Å²) in [7, 11) is 1.68. The van der Waals surface area contributed by atoms with Gasteiger partial charge in [0.2, 0.25) is 0 Å². The lowest BCUT2D eigenvalue weighted by atomic mass is 10.00. The molecule has 0 atom stereocenters. The number of methoxy groups -OCH3 is 1. The SMILES string of the molecule is COc1ccc(-c2ccccc2CNNc2ccccc2)cc1. The van der Waals surface area contributed by atoms with Crippen molar-refractivity contribution in [2.75, 3.05) is 12.5 Å². The van der Waals surface area contributed by atoms with Crippen LogP contribution in [0.1, 0.15) is 5.56 Å². The van der Waals surface area contributed by atoms with E-state index in [1.165, 1.54) is 16.7 Å². The highest BCUT2D eigenvalue weighted by molar-refractivity contribution is 5.68. The lowest BCUT2D eigenvalue weighted by Crippen LogP contribution is -2.21. The fourth-order valence-electron chi connectivity index (χ4n) is 2.49. The van der Waals surface area contributed by atoms with Crippen molar-refractivity contribution in [1.29, 1.82) is 0 Å². The summed E-state index contributed by atoms with van der Waals surface area (Å²) in [5.74, 6) is 0.870. The maximum absolute atomic E-state index is 5.23. The zero-order valence-corrected chi connectivity index (χ0v) is 13.1. The van der Waals surface area contributed by atoms with Crippen molar-refractivity contribution in [3.05, 3.63) is 84.4 Å². The van der Waals surface area contributed by atoms with Gasteiger partial charge < -0.3 is 10.2 Å². The fourth-order valence-corrected chi connectivity index (χ4v) is 2.49. The highest BCUT2D eigenvalue weighted by atomic mass is 16.5. The Hall–Kier alpha value is -2.78. The molecule has 0 bridgehead atoms. The second-order valence-corrected chi connectivity index (χ2v) is 5.23. The van der Waals surface area contributed by atoms with E-state index in [-0.39, 0.29) is 0 Å². The first kappa shape index (κ1) is 15.1. The number of ether oxygens (including phenoxy) is 1. The predicted octanol–water partition coefficient (Wildman–Crippen LogP) is 4.48. The van der Waals surface area contributed by atoms with Gasteiger partial charge in [-0.15, -0.1) is 0 Å². The minimum Gasteiger partial charge on any atom is -0.497 e. The summed E-state index contributed by atoms with van der Waals surface area (Å²) in [4.78, 5) is 0. The summed E-state index contributed by atoms with van der Waals surface area (Å²) in [6, 6.07) is 26.6. The van der Waals surface area contributed by atoms with E-state index < -0.39 is 0 Å². The first-order valence-corrected chi connectivity index (χ1v) is 7.63. The molecular formula is C20H20N2O. The normalized spacial score (nSPS) is 10.3. The van der Waals surface area contributed by atoms with Crippen molar-refractivity contribution in [1.82, 2.24) is 5.43 Å². The number of benzene rings is 3. The first-order chi connectivity index (χ1) is 11.4. The van der Waals surface area contributed by atoms with Crippen molar-refractivity contribution in [3.8, 4) is 16.9 Å². The van der Waals surface area contributed by atoms with E-state index in [9.17, 15) is 0 Å². The molecule has 0 heterocycles. The second kappa shape index (κ2) is 7.47. The van der Waals surface area contributed by atoms with Crippen LogP contribution in [0.25, 0.3) is 11.1 Å². The Bertz CT molecular complexity index is 739. The van der Waals surface area contributed by atoms with Crippen LogP contribution >= 0.6 is 0 Å². The van der Waals surface area contributed by atoms with E-state index in [1.54, 1.807) is 7.11 Å². The average molecular weight is 304 g/mol. The maximum Gasteiger partial charge on any atom is 0.118 e. The topological polar surface area (TPSA) is 33.3 Å². The van der Waals surface area contributed by atoms with E-state index in [0.29, 0.717) is 0 Å². The monoisotopic (exact) mass is 304 g/mol. The summed E-state index contributed by atoms with van der Waals surface area (Å²) >= 11 is 0. The fraction of sp³-hybridized carbons (Fsp3) is 0.100. The Morgan fingerprint density at radius 3 is 2.22 bits per heavy atom. The molecule has 0 radical (unpaired) electrons. The molecule has 0 aliphatic heterocycles. The van der Waals surface area contributed by atoms with E-state index in [4.69, 9.17) is 4.74 Å². The maximum atomic E-state index is 5.23. The Kier molecular flexibility index (Phi) is 4.92. The van der Waals surface area contributed by atoms with Gasteiger partial charge in [0.25, 0.3) is 0 Å². The predicted molar refractivity (Wildman–Crippen MR) is 95.3 cm³/mol. The summed E-state index contributed by atoms with van der Waals surface area (Å²) in [5.41, 5.74) is 11.2. The minimum atomic E-state index is 0.733. The van der Waals surface area contributed by atoms with Crippen molar-refractivity contribution in [2.24, 2.45) is 0 Å². The van der Waals surface area contributed by atoms with Crippen molar-refractivity contribution in [3.63, 3.8) is 0 Å². The third-order valence-corrected chi connectivity index (χ3v) is 3.70. The number of anilines is 1. The second-order valence-electron chi connectivity index (χ2n) is 5.23. The number of nitrogens with one attached hydrogen (secondary N) is 2. The van der Waals surface area contributed by atoms with Gasteiger partial charge in [-0.05, 0) is 41.0 Å². The van der Waals surface area contributed by atoms with Gasteiger partial charge in [-0.3, -0.25) is 0 Å². The van der Waals surface area contributed by atoms with Crippen LogP contribution < -0.4 is 15.6 Å². The van der Waals surface area contributed by atoms with Gasteiger partial charge in [0.1, 0.15) is 5.75 Å². The van der Waals surface area contributed by atoms with Gasteiger partial charge in [-0.2, -0.15) is 0 Å². The smallest absolute Gasteiger partial charge is 0.118 e. The number of hydrazine groups is 1. The lowest BCUT2D eigenvalue weighted by Gasteiger charge is -2.13. The van der Waals surface area contributed by atoms with Crippen LogP contribution in [0.4, 0.5) is 5.69 Å². The zero-order valence-electron chi connectivity index (χ0n) is 13.1. The number of para-hydroxylation sites is 1. The van der Waals surface area contributed by atoms with Crippen LogP contribution in [0.5, 0.6) is 5.75 Å². The number of hydrogen-bond acceptors (Lipinski definition) is 3. The average Bonchev–Trinajstić information content (AvgIpc) is 2.63. The van der Waals surface area contributed by atoms with Crippen LogP contribution in [0.15, 0.2) is 78.9 Å². The molecule has 0 fully saturated rings. The molecule has 0 spiro atoms. The molecule has 116 valence electrons. The largest absolute Gasteiger partial charge is 0.497 e. The van der Waals surface area contributed by atoms with Crippen LogP contribution in [0.2, 0.25) is 0 Å². The number of hydrogen-bond donors (Lipinski definition) is 2. The summed E-state index contributed by atoms with van der Waals surface area (Å²) in [6.07, 6.45) is 0. The van der Waals surface area contributed by atoms with Crippen LogP contribution in [0.3, 0.4) is 0 Å².